The van der Waals surface area contributed by atoms with Gasteiger partial charge in [-0.05, 0) is 52.9 Å². The molecule has 0 saturated heterocycles. The van der Waals surface area contributed by atoms with Gasteiger partial charge >= 0.3 is 0 Å². The summed E-state index contributed by atoms with van der Waals surface area (Å²) in [5, 5.41) is 1.26. The van der Waals surface area contributed by atoms with Crippen molar-refractivity contribution in [2.45, 2.75) is 33.1 Å². The van der Waals surface area contributed by atoms with Gasteiger partial charge in [-0.25, -0.2) is 0 Å². The van der Waals surface area contributed by atoms with Crippen LogP contribution in [0.15, 0.2) is 49.1 Å². The maximum Gasteiger partial charge on any atom is -0.00973 e. The number of hydrogen-bond donors (Lipinski definition) is 0. The fourth-order valence-electron chi connectivity index (χ4n) is 2.51. The van der Waals surface area contributed by atoms with Crippen LogP contribution in [0.3, 0.4) is 0 Å². The summed E-state index contributed by atoms with van der Waals surface area (Å²) in [5.41, 5.74) is 6.74. The van der Waals surface area contributed by atoms with E-state index in [1.54, 1.807) is 0 Å². The highest BCUT2D eigenvalue weighted by Crippen LogP contribution is 2.24. The minimum Gasteiger partial charge on any atom is -0.105 e. The molecule has 104 valence electrons. The zero-order chi connectivity index (χ0) is 14.5. The monoisotopic (exact) mass is 282 g/mol. The second kappa shape index (κ2) is 6.86. The number of allylic oxidation sites excluding steroid dienone is 1. The first-order valence-electron chi connectivity index (χ1n) is 7.25. The lowest BCUT2D eigenvalue weighted by molar-refractivity contribution is 0.923. The summed E-state index contributed by atoms with van der Waals surface area (Å²) in [4.78, 5) is 0. The number of hydrogen-bond acceptors (Lipinski definition) is 0. The maximum absolute atomic E-state index is 3.85. The average molecular weight is 282 g/mol. The fourth-order valence-corrected chi connectivity index (χ4v) is 2.86. The largest absolute Gasteiger partial charge is 0.105 e. The summed E-state index contributed by atoms with van der Waals surface area (Å²) < 4.78 is 0. The van der Waals surface area contributed by atoms with Gasteiger partial charge in [0.1, 0.15) is 0 Å². The van der Waals surface area contributed by atoms with E-state index in [2.05, 4.69) is 66.1 Å². The van der Waals surface area contributed by atoms with Crippen molar-refractivity contribution in [2.75, 3.05) is 0 Å². The van der Waals surface area contributed by atoms with Crippen LogP contribution in [0.4, 0.5) is 0 Å². The second-order valence-electron chi connectivity index (χ2n) is 5.31. The SMILES string of the molecule is C=CCc1cc(-c2cc(CCC)ccc2P)ccc1C. The van der Waals surface area contributed by atoms with Gasteiger partial charge in [-0.15, -0.1) is 15.8 Å². The van der Waals surface area contributed by atoms with Crippen LogP contribution < -0.4 is 5.30 Å². The Hall–Kier alpha value is -1.39. The van der Waals surface area contributed by atoms with Gasteiger partial charge in [-0.2, -0.15) is 0 Å². The lowest BCUT2D eigenvalue weighted by Gasteiger charge is -2.11. The normalized spacial score (nSPS) is 10.6. The first kappa shape index (κ1) is 15.0. The number of aryl methyl sites for hydroxylation is 2. The third-order valence-corrected chi connectivity index (χ3v) is 4.18. The molecule has 0 spiro atoms. The highest BCUT2D eigenvalue weighted by Gasteiger charge is 2.06. The molecule has 0 nitrogen and oxygen atoms in total. The van der Waals surface area contributed by atoms with E-state index < -0.39 is 0 Å². The van der Waals surface area contributed by atoms with Crippen molar-refractivity contribution in [1.82, 2.24) is 0 Å². The van der Waals surface area contributed by atoms with Gasteiger partial charge in [0.05, 0.1) is 0 Å². The van der Waals surface area contributed by atoms with Crippen LogP contribution >= 0.6 is 9.24 Å². The molecule has 0 aliphatic rings. The van der Waals surface area contributed by atoms with Crippen molar-refractivity contribution in [1.29, 1.82) is 0 Å². The van der Waals surface area contributed by atoms with E-state index in [9.17, 15) is 0 Å². The Morgan fingerprint density at radius 1 is 1.15 bits per heavy atom. The zero-order valence-electron chi connectivity index (χ0n) is 12.4. The maximum atomic E-state index is 3.85. The van der Waals surface area contributed by atoms with E-state index in [0.29, 0.717) is 0 Å². The highest BCUT2D eigenvalue weighted by molar-refractivity contribution is 7.28. The zero-order valence-corrected chi connectivity index (χ0v) is 13.6. The first-order chi connectivity index (χ1) is 9.65. The topological polar surface area (TPSA) is 0 Å². The molecule has 0 aliphatic heterocycles. The molecule has 2 aromatic carbocycles. The van der Waals surface area contributed by atoms with Gasteiger partial charge in [0.25, 0.3) is 0 Å². The fraction of sp³-hybridized carbons (Fsp3) is 0.263. The number of rotatable bonds is 5. The molecule has 0 saturated carbocycles. The van der Waals surface area contributed by atoms with Crippen molar-refractivity contribution < 1.29 is 0 Å². The van der Waals surface area contributed by atoms with Crippen molar-refractivity contribution in [2.24, 2.45) is 0 Å². The van der Waals surface area contributed by atoms with Crippen LogP contribution in [-0.2, 0) is 12.8 Å². The quantitative estimate of drug-likeness (QED) is 0.543. The molecule has 1 atom stereocenters. The van der Waals surface area contributed by atoms with Crippen LogP contribution in [0.2, 0.25) is 0 Å². The Bertz CT molecular complexity index is 611. The Labute approximate surface area is 125 Å². The summed E-state index contributed by atoms with van der Waals surface area (Å²) in [6.07, 6.45) is 5.23. The van der Waals surface area contributed by atoms with E-state index in [1.807, 2.05) is 6.08 Å². The van der Waals surface area contributed by atoms with E-state index >= 15 is 0 Å². The van der Waals surface area contributed by atoms with Gasteiger partial charge < -0.3 is 0 Å². The van der Waals surface area contributed by atoms with Gasteiger partial charge in [0, 0.05) is 0 Å². The van der Waals surface area contributed by atoms with E-state index in [4.69, 9.17) is 0 Å². The number of benzene rings is 2. The van der Waals surface area contributed by atoms with Gasteiger partial charge in [-0.3, -0.25) is 0 Å². The molecule has 0 N–H and O–H groups in total. The summed E-state index contributed by atoms with van der Waals surface area (Å²) >= 11 is 0. The predicted molar refractivity (Wildman–Crippen MR) is 93.9 cm³/mol. The van der Waals surface area contributed by atoms with Crippen molar-refractivity contribution in [3.05, 3.63) is 65.7 Å². The highest BCUT2D eigenvalue weighted by atomic mass is 31.0. The molecular weight excluding hydrogens is 259 g/mol. The molecule has 0 heterocycles. The van der Waals surface area contributed by atoms with E-state index in [1.165, 1.54) is 39.5 Å². The molecule has 0 aromatic heterocycles. The van der Waals surface area contributed by atoms with Crippen LogP contribution in [-0.4, -0.2) is 0 Å². The smallest absolute Gasteiger partial charge is 0.00973 e. The molecule has 2 aromatic rings. The van der Waals surface area contributed by atoms with Gasteiger partial charge in [-0.1, -0.05) is 55.8 Å². The van der Waals surface area contributed by atoms with E-state index in [-0.39, 0.29) is 0 Å². The molecule has 0 fully saturated rings. The third kappa shape index (κ3) is 3.38. The lowest BCUT2D eigenvalue weighted by atomic mass is 9.96. The van der Waals surface area contributed by atoms with Crippen LogP contribution in [0, 0.1) is 6.92 Å². The summed E-state index contributed by atoms with van der Waals surface area (Å²) in [6.45, 7) is 8.24. The van der Waals surface area contributed by atoms with Crippen molar-refractivity contribution >= 4 is 14.5 Å². The van der Waals surface area contributed by atoms with E-state index in [0.717, 1.165) is 12.8 Å². The Balaban J connectivity index is 2.47. The molecule has 0 radical (unpaired) electrons. The molecule has 1 unspecified atom stereocenters. The van der Waals surface area contributed by atoms with Gasteiger partial charge in [0.15, 0.2) is 0 Å². The Morgan fingerprint density at radius 3 is 2.65 bits per heavy atom. The molecule has 2 rings (SSSR count). The minimum atomic E-state index is 0.931. The molecule has 0 aliphatic carbocycles. The first-order valence-corrected chi connectivity index (χ1v) is 7.82. The second-order valence-corrected chi connectivity index (χ2v) is 5.93. The molecule has 1 heteroatoms. The molecular formula is C19H23P. The molecule has 20 heavy (non-hydrogen) atoms. The minimum absolute atomic E-state index is 0.931. The third-order valence-electron chi connectivity index (χ3n) is 3.68. The van der Waals surface area contributed by atoms with Crippen molar-refractivity contribution in [3.63, 3.8) is 0 Å². The summed E-state index contributed by atoms with van der Waals surface area (Å²) in [7, 11) is 2.85. The predicted octanol–water partition coefficient (Wildman–Crippen LogP) is 4.84. The Kier molecular flexibility index (Phi) is 5.15. The molecule has 0 amide bonds. The van der Waals surface area contributed by atoms with Crippen LogP contribution in [0.1, 0.15) is 30.0 Å². The standard InChI is InChI=1S/C19H23P/c1-4-6-15-9-11-19(20)18(12-15)17-10-8-14(3)16(13-17)7-5-2/h5,8-13H,2,4,6-7,20H2,1,3H3. The van der Waals surface area contributed by atoms with Crippen LogP contribution in [0.25, 0.3) is 11.1 Å². The van der Waals surface area contributed by atoms with Gasteiger partial charge in [0.2, 0.25) is 0 Å². The molecule has 0 bridgehead atoms. The summed E-state index contributed by atoms with van der Waals surface area (Å²) in [5.74, 6) is 0. The summed E-state index contributed by atoms with van der Waals surface area (Å²) in [6, 6.07) is 13.5. The van der Waals surface area contributed by atoms with Crippen molar-refractivity contribution in [3.8, 4) is 11.1 Å². The average Bonchev–Trinajstić information content (AvgIpc) is 2.44. The Morgan fingerprint density at radius 2 is 1.95 bits per heavy atom. The van der Waals surface area contributed by atoms with Crippen LogP contribution in [0.5, 0.6) is 0 Å². The lowest BCUT2D eigenvalue weighted by Crippen LogP contribution is -2.00.